The summed E-state index contributed by atoms with van der Waals surface area (Å²) in [7, 11) is 1.42. The van der Waals surface area contributed by atoms with E-state index in [1.807, 2.05) is 17.2 Å². The molecule has 3 rings (SSSR count). The lowest BCUT2D eigenvalue weighted by molar-refractivity contribution is -0.144. The van der Waals surface area contributed by atoms with Crippen LogP contribution in [-0.4, -0.2) is 35.4 Å². The van der Waals surface area contributed by atoms with E-state index in [4.69, 9.17) is 4.74 Å². The summed E-state index contributed by atoms with van der Waals surface area (Å²) >= 11 is 0. The molecule has 1 saturated carbocycles. The molecule has 5 nitrogen and oxygen atoms in total. The first-order valence-electron chi connectivity index (χ1n) is 9.29. The molecule has 0 aromatic carbocycles. The van der Waals surface area contributed by atoms with Crippen LogP contribution >= 0.6 is 0 Å². The summed E-state index contributed by atoms with van der Waals surface area (Å²) < 4.78 is 4.88. The van der Waals surface area contributed by atoms with Crippen LogP contribution in [0.4, 0.5) is 0 Å². The maximum atomic E-state index is 13.2. The number of amides is 1. The Morgan fingerprint density at radius 2 is 2.08 bits per heavy atom. The average molecular weight is 344 g/mol. The molecule has 0 radical (unpaired) electrons. The molecule has 1 amide bonds. The summed E-state index contributed by atoms with van der Waals surface area (Å²) in [6.07, 6.45) is 9.47. The van der Waals surface area contributed by atoms with Crippen molar-refractivity contribution in [1.82, 2.24) is 9.88 Å². The number of nitrogens with zero attached hydrogens (tertiary/aromatic N) is 2. The molecule has 1 aliphatic carbocycles. The lowest BCUT2D eigenvalue weighted by atomic mass is 9.79. The van der Waals surface area contributed by atoms with Gasteiger partial charge in [0, 0.05) is 25.4 Å². The standard InChI is InChI=1S/C20H28N2O3/c1-15-10-17(16-6-5-9-21-13-16)22(14-15)18(23)11-20(7-3-4-8-20)12-19(24)25-2/h5-6,9,13,15,17H,3-4,7-8,10-12,14H2,1-2H3/t15-,17-/m1/s1. The van der Waals surface area contributed by atoms with Gasteiger partial charge in [-0.15, -0.1) is 0 Å². The minimum Gasteiger partial charge on any atom is -0.469 e. The van der Waals surface area contributed by atoms with E-state index in [9.17, 15) is 9.59 Å². The zero-order valence-electron chi connectivity index (χ0n) is 15.2. The van der Waals surface area contributed by atoms with E-state index in [0.29, 0.717) is 18.8 Å². The number of methoxy groups -OCH3 is 1. The minimum atomic E-state index is -0.213. The van der Waals surface area contributed by atoms with E-state index < -0.39 is 0 Å². The molecule has 1 saturated heterocycles. The van der Waals surface area contributed by atoms with E-state index in [1.165, 1.54) is 7.11 Å². The van der Waals surface area contributed by atoms with Crippen molar-refractivity contribution in [1.29, 1.82) is 0 Å². The third kappa shape index (κ3) is 4.02. The molecule has 1 aliphatic heterocycles. The van der Waals surface area contributed by atoms with Crippen LogP contribution in [-0.2, 0) is 14.3 Å². The third-order valence-electron chi connectivity index (χ3n) is 5.84. The number of aromatic nitrogens is 1. The molecule has 25 heavy (non-hydrogen) atoms. The number of ether oxygens (including phenoxy) is 1. The number of esters is 1. The summed E-state index contributed by atoms with van der Waals surface area (Å²) in [5, 5.41) is 0. The van der Waals surface area contributed by atoms with Crippen LogP contribution in [0, 0.1) is 11.3 Å². The number of hydrogen-bond acceptors (Lipinski definition) is 4. The van der Waals surface area contributed by atoms with Gasteiger partial charge in [0.25, 0.3) is 0 Å². The fraction of sp³-hybridized carbons (Fsp3) is 0.650. The van der Waals surface area contributed by atoms with Crippen molar-refractivity contribution < 1.29 is 14.3 Å². The molecule has 2 heterocycles. The van der Waals surface area contributed by atoms with Gasteiger partial charge in [0.15, 0.2) is 0 Å². The van der Waals surface area contributed by atoms with Gasteiger partial charge in [-0.1, -0.05) is 25.8 Å². The van der Waals surface area contributed by atoms with Crippen molar-refractivity contribution >= 4 is 11.9 Å². The number of rotatable bonds is 5. The topological polar surface area (TPSA) is 59.5 Å². The quantitative estimate of drug-likeness (QED) is 0.767. The molecule has 136 valence electrons. The van der Waals surface area contributed by atoms with Crippen LogP contribution in [0.1, 0.15) is 63.5 Å². The van der Waals surface area contributed by atoms with Crippen molar-refractivity contribution in [3.05, 3.63) is 30.1 Å². The monoisotopic (exact) mass is 344 g/mol. The van der Waals surface area contributed by atoms with Crippen molar-refractivity contribution in [2.45, 2.75) is 57.9 Å². The number of carbonyl (C=O) groups is 2. The second-order valence-corrected chi connectivity index (χ2v) is 7.83. The first kappa shape index (κ1) is 17.9. The van der Waals surface area contributed by atoms with E-state index in [-0.39, 0.29) is 23.3 Å². The van der Waals surface area contributed by atoms with Gasteiger partial charge < -0.3 is 9.64 Å². The summed E-state index contributed by atoms with van der Waals surface area (Å²) in [6.45, 7) is 2.98. The van der Waals surface area contributed by atoms with E-state index in [2.05, 4.69) is 18.0 Å². The van der Waals surface area contributed by atoms with Crippen molar-refractivity contribution in [2.75, 3.05) is 13.7 Å². The molecule has 0 N–H and O–H groups in total. The van der Waals surface area contributed by atoms with E-state index in [1.54, 1.807) is 6.20 Å². The predicted molar refractivity (Wildman–Crippen MR) is 94.6 cm³/mol. The molecule has 5 heteroatoms. The maximum Gasteiger partial charge on any atom is 0.306 e. The Labute approximate surface area is 149 Å². The normalized spacial score (nSPS) is 25.1. The Kier molecular flexibility index (Phi) is 5.40. The summed E-state index contributed by atoms with van der Waals surface area (Å²) in [5.41, 5.74) is 0.892. The van der Waals surface area contributed by atoms with E-state index >= 15 is 0 Å². The van der Waals surface area contributed by atoms with Gasteiger partial charge in [-0.25, -0.2) is 0 Å². The fourth-order valence-electron chi connectivity index (χ4n) is 4.55. The molecular weight excluding hydrogens is 316 g/mol. The average Bonchev–Trinajstić information content (AvgIpc) is 3.22. The first-order valence-corrected chi connectivity index (χ1v) is 9.29. The molecule has 0 bridgehead atoms. The fourth-order valence-corrected chi connectivity index (χ4v) is 4.55. The van der Waals surface area contributed by atoms with Crippen LogP contribution in [0.3, 0.4) is 0 Å². The molecule has 0 unspecified atom stereocenters. The van der Waals surface area contributed by atoms with Gasteiger partial charge in [-0.3, -0.25) is 14.6 Å². The maximum absolute atomic E-state index is 13.2. The van der Waals surface area contributed by atoms with Crippen LogP contribution in [0.5, 0.6) is 0 Å². The highest BCUT2D eigenvalue weighted by Gasteiger charge is 2.42. The van der Waals surface area contributed by atoms with Gasteiger partial charge in [0.1, 0.15) is 0 Å². The Morgan fingerprint density at radius 1 is 1.32 bits per heavy atom. The van der Waals surface area contributed by atoms with Crippen molar-refractivity contribution in [3.8, 4) is 0 Å². The van der Waals surface area contributed by atoms with Gasteiger partial charge >= 0.3 is 5.97 Å². The lowest BCUT2D eigenvalue weighted by Crippen LogP contribution is -2.36. The Balaban J connectivity index is 1.75. The van der Waals surface area contributed by atoms with Crippen LogP contribution < -0.4 is 0 Å². The molecular formula is C20H28N2O3. The molecule has 2 aliphatic rings. The van der Waals surface area contributed by atoms with Crippen LogP contribution in [0.15, 0.2) is 24.5 Å². The highest BCUT2D eigenvalue weighted by atomic mass is 16.5. The smallest absolute Gasteiger partial charge is 0.306 e. The Hall–Kier alpha value is -1.91. The summed E-state index contributed by atoms with van der Waals surface area (Å²) in [4.78, 5) is 31.2. The summed E-state index contributed by atoms with van der Waals surface area (Å²) in [5.74, 6) is 0.451. The number of carbonyl (C=O) groups excluding carboxylic acids is 2. The van der Waals surface area contributed by atoms with Crippen molar-refractivity contribution in [2.24, 2.45) is 11.3 Å². The highest BCUT2D eigenvalue weighted by Crippen LogP contribution is 2.46. The van der Waals surface area contributed by atoms with Gasteiger partial charge in [-0.2, -0.15) is 0 Å². The molecule has 2 fully saturated rings. The van der Waals surface area contributed by atoms with Crippen LogP contribution in [0.2, 0.25) is 0 Å². The van der Waals surface area contributed by atoms with Crippen LogP contribution in [0.25, 0.3) is 0 Å². The summed E-state index contributed by atoms with van der Waals surface area (Å²) in [6, 6.07) is 4.08. The minimum absolute atomic E-state index is 0.104. The first-order chi connectivity index (χ1) is 12.0. The van der Waals surface area contributed by atoms with Gasteiger partial charge in [-0.05, 0) is 42.2 Å². The number of hydrogen-bond donors (Lipinski definition) is 0. The van der Waals surface area contributed by atoms with Gasteiger partial charge in [0.2, 0.25) is 5.91 Å². The van der Waals surface area contributed by atoms with Crippen molar-refractivity contribution in [3.63, 3.8) is 0 Å². The third-order valence-corrected chi connectivity index (χ3v) is 5.84. The second-order valence-electron chi connectivity index (χ2n) is 7.83. The Bertz CT molecular complexity index is 611. The second kappa shape index (κ2) is 7.54. The zero-order valence-corrected chi connectivity index (χ0v) is 15.2. The molecule has 0 spiro atoms. The van der Waals surface area contributed by atoms with Gasteiger partial charge in [0.05, 0.1) is 19.6 Å². The highest BCUT2D eigenvalue weighted by molar-refractivity contribution is 5.79. The molecule has 1 aromatic rings. The SMILES string of the molecule is COC(=O)CC1(CC(=O)N2C[C@H](C)C[C@@H]2c2cccnc2)CCCC1. The lowest BCUT2D eigenvalue weighted by Gasteiger charge is -2.32. The number of pyridine rings is 1. The molecule has 1 aromatic heterocycles. The number of likely N-dealkylation sites (tertiary alicyclic amines) is 1. The zero-order chi connectivity index (χ0) is 17.9. The predicted octanol–water partition coefficient (Wildman–Crippen LogP) is 3.50. The molecule has 2 atom stereocenters. The Morgan fingerprint density at radius 3 is 2.72 bits per heavy atom. The van der Waals surface area contributed by atoms with E-state index in [0.717, 1.165) is 44.2 Å². The largest absolute Gasteiger partial charge is 0.469 e.